The Morgan fingerprint density at radius 2 is 2.26 bits per heavy atom. The number of carbonyl (C=O) groups excluding carboxylic acids is 1. The molecule has 122 valence electrons. The van der Waals surface area contributed by atoms with E-state index in [0.29, 0.717) is 6.54 Å². The highest BCUT2D eigenvalue weighted by atomic mass is 16.5. The van der Waals surface area contributed by atoms with Gasteiger partial charge in [-0.3, -0.25) is 0 Å². The summed E-state index contributed by atoms with van der Waals surface area (Å²) in [5.74, 6) is 0. The van der Waals surface area contributed by atoms with Gasteiger partial charge in [0.15, 0.2) is 0 Å². The molecule has 1 aromatic heterocycles. The van der Waals surface area contributed by atoms with Crippen molar-refractivity contribution >= 4 is 6.03 Å². The van der Waals surface area contributed by atoms with Crippen molar-refractivity contribution in [1.29, 1.82) is 0 Å². The Morgan fingerprint density at radius 3 is 2.91 bits per heavy atom. The number of hydrogen-bond acceptors (Lipinski definition) is 3. The topological polar surface area (TPSA) is 68.2 Å². The first-order valence-electron chi connectivity index (χ1n) is 7.97. The fourth-order valence-corrected chi connectivity index (χ4v) is 2.72. The normalized spacial score (nSPS) is 18.6. The number of nitrogens with one attached hydrogen (secondary N) is 2. The van der Waals surface area contributed by atoms with E-state index in [1.807, 2.05) is 43.5 Å². The van der Waals surface area contributed by atoms with Crippen LogP contribution in [0.5, 0.6) is 0 Å². The summed E-state index contributed by atoms with van der Waals surface area (Å²) in [6.07, 6.45) is 5.86. The number of nitrogens with zero attached hydrogens (tertiary/aromatic N) is 2. The molecule has 0 unspecified atom stereocenters. The summed E-state index contributed by atoms with van der Waals surface area (Å²) in [5, 5.41) is 10.0. The molecular formula is C17H22N4O2. The first-order chi connectivity index (χ1) is 11.2. The fraction of sp³-hybridized carbons (Fsp3) is 0.412. The van der Waals surface area contributed by atoms with Gasteiger partial charge in [0.2, 0.25) is 0 Å². The van der Waals surface area contributed by atoms with Crippen molar-refractivity contribution in [1.82, 2.24) is 20.4 Å². The molecule has 0 aliphatic carbocycles. The Hall–Kier alpha value is -2.34. The van der Waals surface area contributed by atoms with Gasteiger partial charge in [-0.25, -0.2) is 9.48 Å². The van der Waals surface area contributed by atoms with Crippen molar-refractivity contribution < 1.29 is 9.53 Å². The summed E-state index contributed by atoms with van der Waals surface area (Å²) >= 11 is 0. The highest BCUT2D eigenvalue weighted by Crippen LogP contribution is 2.15. The predicted octanol–water partition coefficient (Wildman–Crippen LogP) is 2.24. The third kappa shape index (κ3) is 4.10. The van der Waals surface area contributed by atoms with E-state index >= 15 is 0 Å². The van der Waals surface area contributed by atoms with Gasteiger partial charge in [-0.2, -0.15) is 5.10 Å². The molecule has 3 rings (SSSR count). The van der Waals surface area contributed by atoms with Crippen LogP contribution in [0.1, 0.15) is 25.3 Å². The average Bonchev–Trinajstić information content (AvgIpc) is 3.26. The molecular weight excluding hydrogens is 292 g/mol. The van der Waals surface area contributed by atoms with E-state index in [0.717, 1.165) is 30.7 Å². The van der Waals surface area contributed by atoms with E-state index < -0.39 is 0 Å². The second-order valence-electron chi connectivity index (χ2n) is 5.78. The zero-order chi connectivity index (χ0) is 16.1. The standard InChI is InChI=1S/C17H22N4O2/c1-13(16-4-2-11-23-16)20-17(22)18-12-14-5-7-15(8-6-14)21-10-3-9-19-21/h3,5-10,13,16H,2,4,11-12H2,1H3,(H2,18,20,22)/t13-,16-/m1/s1. The summed E-state index contributed by atoms with van der Waals surface area (Å²) in [7, 11) is 0. The van der Waals surface area contributed by atoms with Crippen LogP contribution in [-0.2, 0) is 11.3 Å². The molecule has 2 aromatic rings. The minimum absolute atomic E-state index is 0.0275. The number of ether oxygens (including phenoxy) is 1. The van der Waals surface area contributed by atoms with E-state index in [-0.39, 0.29) is 18.2 Å². The maximum atomic E-state index is 11.9. The molecule has 2 heterocycles. The summed E-state index contributed by atoms with van der Waals surface area (Å²) in [6.45, 7) is 3.26. The minimum Gasteiger partial charge on any atom is -0.376 e. The SMILES string of the molecule is C[C@@H](NC(=O)NCc1ccc(-n2cccn2)cc1)[C@H]1CCCO1. The summed E-state index contributed by atoms with van der Waals surface area (Å²) in [6, 6.07) is 9.69. The molecule has 1 fully saturated rings. The number of urea groups is 1. The monoisotopic (exact) mass is 314 g/mol. The van der Waals surface area contributed by atoms with Crippen LogP contribution >= 0.6 is 0 Å². The molecule has 0 radical (unpaired) electrons. The molecule has 1 aliphatic heterocycles. The molecule has 0 spiro atoms. The van der Waals surface area contributed by atoms with Gasteiger partial charge in [-0.15, -0.1) is 0 Å². The smallest absolute Gasteiger partial charge is 0.315 e. The Balaban J connectivity index is 1.47. The highest BCUT2D eigenvalue weighted by molar-refractivity contribution is 5.74. The molecule has 2 N–H and O–H groups in total. The number of aromatic nitrogens is 2. The first-order valence-corrected chi connectivity index (χ1v) is 7.97. The van der Waals surface area contributed by atoms with Crippen molar-refractivity contribution in [3.05, 3.63) is 48.3 Å². The lowest BCUT2D eigenvalue weighted by Gasteiger charge is -2.20. The van der Waals surface area contributed by atoms with E-state index in [4.69, 9.17) is 4.74 Å². The van der Waals surface area contributed by atoms with Crippen molar-refractivity contribution in [3.63, 3.8) is 0 Å². The van der Waals surface area contributed by atoms with Gasteiger partial charge in [0.25, 0.3) is 0 Å². The molecule has 6 heteroatoms. The third-order valence-electron chi connectivity index (χ3n) is 4.04. The number of carbonyl (C=O) groups is 1. The Morgan fingerprint density at radius 1 is 1.43 bits per heavy atom. The lowest BCUT2D eigenvalue weighted by molar-refractivity contribution is 0.0860. The minimum atomic E-state index is -0.163. The average molecular weight is 314 g/mol. The van der Waals surface area contributed by atoms with Crippen LogP contribution in [0.4, 0.5) is 4.79 Å². The van der Waals surface area contributed by atoms with Gasteiger partial charge in [0.1, 0.15) is 0 Å². The second kappa shape index (κ2) is 7.28. The van der Waals surface area contributed by atoms with Crippen LogP contribution in [0, 0.1) is 0 Å². The summed E-state index contributed by atoms with van der Waals surface area (Å²) < 4.78 is 7.38. The molecule has 1 saturated heterocycles. The predicted molar refractivity (Wildman–Crippen MR) is 87.4 cm³/mol. The number of benzene rings is 1. The molecule has 0 saturated carbocycles. The maximum absolute atomic E-state index is 11.9. The largest absolute Gasteiger partial charge is 0.376 e. The Labute approximate surface area is 135 Å². The van der Waals surface area contributed by atoms with Crippen LogP contribution in [0.3, 0.4) is 0 Å². The lowest BCUT2D eigenvalue weighted by atomic mass is 10.1. The zero-order valence-corrected chi connectivity index (χ0v) is 13.2. The lowest BCUT2D eigenvalue weighted by Crippen LogP contribution is -2.45. The Kier molecular flexibility index (Phi) is 4.92. The van der Waals surface area contributed by atoms with Crippen molar-refractivity contribution in [2.45, 2.75) is 38.5 Å². The van der Waals surface area contributed by atoms with Crippen molar-refractivity contribution in [2.75, 3.05) is 6.61 Å². The molecule has 6 nitrogen and oxygen atoms in total. The van der Waals surface area contributed by atoms with E-state index in [1.165, 1.54) is 0 Å². The molecule has 0 bridgehead atoms. The van der Waals surface area contributed by atoms with Gasteiger partial charge < -0.3 is 15.4 Å². The molecule has 2 amide bonds. The van der Waals surface area contributed by atoms with E-state index in [2.05, 4.69) is 15.7 Å². The van der Waals surface area contributed by atoms with Crippen LogP contribution < -0.4 is 10.6 Å². The van der Waals surface area contributed by atoms with Gasteiger partial charge in [-0.1, -0.05) is 12.1 Å². The van der Waals surface area contributed by atoms with Gasteiger partial charge in [0.05, 0.1) is 17.8 Å². The molecule has 1 aliphatic rings. The van der Waals surface area contributed by atoms with E-state index in [1.54, 1.807) is 10.9 Å². The zero-order valence-electron chi connectivity index (χ0n) is 13.2. The second-order valence-corrected chi connectivity index (χ2v) is 5.78. The number of hydrogen-bond donors (Lipinski definition) is 2. The van der Waals surface area contributed by atoms with Crippen LogP contribution in [0.2, 0.25) is 0 Å². The van der Waals surface area contributed by atoms with Crippen LogP contribution in [-0.4, -0.2) is 34.6 Å². The number of amides is 2. The summed E-state index contributed by atoms with van der Waals surface area (Å²) in [4.78, 5) is 11.9. The van der Waals surface area contributed by atoms with Crippen molar-refractivity contribution in [3.8, 4) is 5.69 Å². The fourth-order valence-electron chi connectivity index (χ4n) is 2.72. The van der Waals surface area contributed by atoms with E-state index in [9.17, 15) is 4.79 Å². The first kappa shape index (κ1) is 15.6. The van der Waals surface area contributed by atoms with Crippen molar-refractivity contribution in [2.24, 2.45) is 0 Å². The molecule has 23 heavy (non-hydrogen) atoms. The third-order valence-corrected chi connectivity index (χ3v) is 4.04. The van der Waals surface area contributed by atoms with Gasteiger partial charge >= 0.3 is 6.03 Å². The van der Waals surface area contributed by atoms with Gasteiger partial charge in [0, 0.05) is 25.5 Å². The summed E-state index contributed by atoms with van der Waals surface area (Å²) in [5.41, 5.74) is 2.04. The highest BCUT2D eigenvalue weighted by Gasteiger charge is 2.23. The molecule has 1 aromatic carbocycles. The Bertz CT molecular complexity index is 619. The van der Waals surface area contributed by atoms with Crippen LogP contribution in [0.25, 0.3) is 5.69 Å². The number of rotatable bonds is 5. The quantitative estimate of drug-likeness (QED) is 0.889. The van der Waals surface area contributed by atoms with Crippen LogP contribution in [0.15, 0.2) is 42.7 Å². The maximum Gasteiger partial charge on any atom is 0.315 e. The van der Waals surface area contributed by atoms with Gasteiger partial charge in [-0.05, 0) is 43.5 Å². The molecule has 2 atom stereocenters.